The van der Waals surface area contributed by atoms with Crippen molar-refractivity contribution in [2.75, 3.05) is 24.3 Å². The normalized spacial score (nSPS) is 10.3. The van der Waals surface area contributed by atoms with Crippen LogP contribution < -0.4 is 15.4 Å². The van der Waals surface area contributed by atoms with E-state index < -0.39 is 0 Å². The van der Waals surface area contributed by atoms with Crippen LogP contribution in [0, 0.1) is 6.92 Å². The molecule has 0 radical (unpaired) electrons. The first kappa shape index (κ1) is 13.5. The number of nitrogens with zero attached hydrogens (tertiary/aromatic N) is 3. The van der Waals surface area contributed by atoms with Crippen LogP contribution in [0.2, 0.25) is 0 Å². The lowest BCUT2D eigenvalue weighted by Gasteiger charge is -2.08. The van der Waals surface area contributed by atoms with Gasteiger partial charge in [0.15, 0.2) is 0 Å². The number of ether oxygens (including phenoxy) is 1. The molecule has 0 aliphatic rings. The van der Waals surface area contributed by atoms with Gasteiger partial charge in [-0.2, -0.15) is 26.3 Å². The van der Waals surface area contributed by atoms with E-state index in [0.717, 1.165) is 6.54 Å². The summed E-state index contributed by atoms with van der Waals surface area (Å²) in [5.74, 6) is 1.02. The van der Waals surface area contributed by atoms with Gasteiger partial charge >= 0.3 is 6.01 Å². The van der Waals surface area contributed by atoms with Crippen molar-refractivity contribution in [3.63, 3.8) is 0 Å². The molecular formula is C12H17N5OS. The van der Waals surface area contributed by atoms with Gasteiger partial charge in [-0.1, -0.05) is 0 Å². The molecule has 0 bridgehead atoms. The fraction of sp³-hybridized carbons (Fsp3) is 0.417. The first-order chi connectivity index (χ1) is 9.22. The van der Waals surface area contributed by atoms with Gasteiger partial charge in [0.1, 0.15) is 0 Å². The molecule has 0 aliphatic heterocycles. The van der Waals surface area contributed by atoms with E-state index in [2.05, 4.69) is 43.3 Å². The number of aromatic nitrogens is 3. The van der Waals surface area contributed by atoms with E-state index in [-0.39, 0.29) is 0 Å². The summed E-state index contributed by atoms with van der Waals surface area (Å²) >= 11 is 1.69. The molecular weight excluding hydrogens is 262 g/mol. The van der Waals surface area contributed by atoms with E-state index in [4.69, 9.17) is 4.74 Å². The zero-order valence-electron chi connectivity index (χ0n) is 11.2. The van der Waals surface area contributed by atoms with Crippen LogP contribution in [0.5, 0.6) is 6.01 Å². The molecule has 0 aromatic carbocycles. The molecule has 2 N–H and O–H groups in total. The number of nitrogens with one attached hydrogen (secondary N) is 2. The fourth-order valence-electron chi connectivity index (χ4n) is 1.51. The molecule has 0 aliphatic carbocycles. The molecule has 6 nitrogen and oxygen atoms in total. The molecule has 0 saturated carbocycles. The number of methoxy groups -OCH3 is 1. The monoisotopic (exact) mass is 279 g/mol. The Balaban J connectivity index is 2.10. The molecule has 2 heterocycles. The van der Waals surface area contributed by atoms with Crippen molar-refractivity contribution in [2.45, 2.75) is 20.4 Å². The van der Waals surface area contributed by atoms with Crippen LogP contribution in [0.3, 0.4) is 0 Å². The summed E-state index contributed by atoms with van der Waals surface area (Å²) in [5, 5.41) is 10.5. The van der Waals surface area contributed by atoms with Crippen LogP contribution in [0.25, 0.3) is 0 Å². The topological polar surface area (TPSA) is 72.0 Å². The van der Waals surface area contributed by atoms with Crippen molar-refractivity contribution < 1.29 is 4.74 Å². The second-order valence-electron chi connectivity index (χ2n) is 3.93. The van der Waals surface area contributed by atoms with Crippen LogP contribution >= 0.6 is 11.3 Å². The molecule has 0 fully saturated rings. The Hall–Kier alpha value is -1.89. The molecule has 2 aromatic rings. The average Bonchev–Trinajstić information content (AvgIpc) is 2.82. The SMILES string of the molecule is CCNc1nc(NCc2cscc2C)nc(OC)n1. The molecule has 0 amide bonds. The molecule has 7 heteroatoms. The molecule has 0 spiro atoms. The minimum atomic E-state index is 0.301. The summed E-state index contributed by atoms with van der Waals surface area (Å²) in [5.41, 5.74) is 2.51. The van der Waals surface area contributed by atoms with Crippen LogP contribution in [-0.4, -0.2) is 28.6 Å². The van der Waals surface area contributed by atoms with Crippen molar-refractivity contribution in [2.24, 2.45) is 0 Å². The number of hydrogen-bond acceptors (Lipinski definition) is 7. The Labute approximate surface area is 116 Å². The third-order valence-electron chi connectivity index (χ3n) is 2.53. The van der Waals surface area contributed by atoms with Crippen molar-refractivity contribution in [1.82, 2.24) is 15.0 Å². The van der Waals surface area contributed by atoms with E-state index in [1.54, 1.807) is 11.3 Å². The number of anilines is 2. The molecule has 19 heavy (non-hydrogen) atoms. The number of hydrogen-bond donors (Lipinski definition) is 2. The second-order valence-corrected chi connectivity index (χ2v) is 4.68. The van der Waals surface area contributed by atoms with Crippen molar-refractivity contribution in [3.8, 4) is 6.01 Å². The van der Waals surface area contributed by atoms with E-state index in [1.165, 1.54) is 18.2 Å². The van der Waals surface area contributed by atoms with E-state index in [9.17, 15) is 0 Å². The minimum absolute atomic E-state index is 0.301. The van der Waals surface area contributed by atoms with Crippen molar-refractivity contribution in [3.05, 3.63) is 21.9 Å². The highest BCUT2D eigenvalue weighted by Gasteiger charge is 2.06. The number of rotatable bonds is 6. The van der Waals surface area contributed by atoms with E-state index >= 15 is 0 Å². The van der Waals surface area contributed by atoms with E-state index in [1.807, 2.05) is 6.92 Å². The third-order valence-corrected chi connectivity index (χ3v) is 3.44. The van der Waals surface area contributed by atoms with Gasteiger partial charge in [0.2, 0.25) is 11.9 Å². The predicted molar refractivity (Wildman–Crippen MR) is 76.9 cm³/mol. The fourth-order valence-corrected chi connectivity index (χ4v) is 2.36. The highest BCUT2D eigenvalue weighted by atomic mass is 32.1. The molecule has 0 atom stereocenters. The largest absolute Gasteiger partial charge is 0.467 e. The summed E-state index contributed by atoms with van der Waals surface area (Å²) < 4.78 is 5.06. The zero-order chi connectivity index (χ0) is 13.7. The Bertz CT molecular complexity index is 543. The first-order valence-corrected chi connectivity index (χ1v) is 6.96. The third kappa shape index (κ3) is 3.54. The highest BCUT2D eigenvalue weighted by molar-refractivity contribution is 7.08. The quantitative estimate of drug-likeness (QED) is 0.845. The Kier molecular flexibility index (Phi) is 4.51. The summed E-state index contributed by atoms with van der Waals surface area (Å²) in [6.07, 6.45) is 0. The van der Waals surface area contributed by atoms with Gasteiger partial charge < -0.3 is 15.4 Å². The maximum atomic E-state index is 5.06. The molecule has 2 aromatic heterocycles. The van der Waals surface area contributed by atoms with Crippen LogP contribution in [0.1, 0.15) is 18.1 Å². The minimum Gasteiger partial charge on any atom is -0.467 e. The van der Waals surface area contributed by atoms with Crippen LogP contribution in [0.15, 0.2) is 10.8 Å². The summed E-state index contributed by atoms with van der Waals surface area (Å²) in [6.45, 7) is 5.51. The van der Waals surface area contributed by atoms with E-state index in [0.29, 0.717) is 24.5 Å². The lowest BCUT2D eigenvalue weighted by molar-refractivity contribution is 0.379. The van der Waals surface area contributed by atoms with Gasteiger partial charge in [-0.3, -0.25) is 0 Å². The Morgan fingerprint density at radius 1 is 1.16 bits per heavy atom. The smallest absolute Gasteiger partial charge is 0.322 e. The summed E-state index contributed by atoms with van der Waals surface area (Å²) in [4.78, 5) is 12.6. The zero-order valence-corrected chi connectivity index (χ0v) is 12.0. The van der Waals surface area contributed by atoms with Crippen molar-refractivity contribution in [1.29, 1.82) is 0 Å². The lowest BCUT2D eigenvalue weighted by Crippen LogP contribution is -2.10. The van der Waals surface area contributed by atoms with Gasteiger partial charge in [0, 0.05) is 13.1 Å². The summed E-state index contributed by atoms with van der Waals surface area (Å²) in [6, 6.07) is 0.301. The second kappa shape index (κ2) is 6.33. The highest BCUT2D eigenvalue weighted by Crippen LogP contribution is 2.16. The average molecular weight is 279 g/mol. The van der Waals surface area contributed by atoms with Crippen molar-refractivity contribution >= 4 is 23.2 Å². The van der Waals surface area contributed by atoms with Gasteiger partial charge in [-0.25, -0.2) is 0 Å². The molecule has 0 saturated heterocycles. The molecule has 0 unspecified atom stereocenters. The van der Waals surface area contributed by atoms with Gasteiger partial charge in [0.05, 0.1) is 7.11 Å². The van der Waals surface area contributed by atoms with Gasteiger partial charge in [-0.05, 0) is 35.7 Å². The number of thiophene rings is 1. The Morgan fingerprint density at radius 2 is 1.89 bits per heavy atom. The predicted octanol–water partition coefficient (Wildman–Crippen LogP) is 2.29. The van der Waals surface area contributed by atoms with Gasteiger partial charge in [0.25, 0.3) is 0 Å². The maximum Gasteiger partial charge on any atom is 0.322 e. The standard InChI is InChI=1S/C12H17N5OS/c1-4-13-10-15-11(17-12(16-10)18-3)14-5-9-7-19-6-8(9)2/h6-7H,4-5H2,1-3H3,(H2,13,14,15,16,17). The lowest BCUT2D eigenvalue weighted by atomic mass is 10.2. The first-order valence-electron chi connectivity index (χ1n) is 6.02. The maximum absolute atomic E-state index is 5.06. The number of aryl methyl sites for hydroxylation is 1. The molecule has 2 rings (SSSR count). The van der Waals surface area contributed by atoms with Crippen LogP contribution in [0.4, 0.5) is 11.9 Å². The Morgan fingerprint density at radius 3 is 2.47 bits per heavy atom. The summed E-state index contributed by atoms with van der Waals surface area (Å²) in [7, 11) is 1.54. The van der Waals surface area contributed by atoms with Crippen LogP contribution in [-0.2, 0) is 6.54 Å². The van der Waals surface area contributed by atoms with Gasteiger partial charge in [-0.15, -0.1) is 0 Å². The molecule has 102 valence electrons.